The molecule has 0 aliphatic carbocycles. The third-order valence-corrected chi connectivity index (χ3v) is 6.77. The summed E-state index contributed by atoms with van der Waals surface area (Å²) in [4.78, 5) is 83.2. The van der Waals surface area contributed by atoms with Crippen molar-refractivity contribution in [1.29, 1.82) is 0 Å². The second-order valence-electron chi connectivity index (χ2n) is 11.9. The molecule has 18 nitrogen and oxygen atoms in total. The molecule has 0 unspecified atom stereocenters. The summed E-state index contributed by atoms with van der Waals surface area (Å²) >= 11 is 0. The Morgan fingerprint density at radius 2 is 1.38 bits per heavy atom. The summed E-state index contributed by atoms with van der Waals surface area (Å²) in [7, 11) is 0. The zero-order valence-corrected chi connectivity index (χ0v) is 26.7. The Morgan fingerprint density at radius 3 is 1.89 bits per heavy atom. The van der Waals surface area contributed by atoms with E-state index in [1.54, 1.807) is 13.8 Å². The van der Waals surface area contributed by atoms with E-state index < -0.39 is 79.9 Å². The highest BCUT2D eigenvalue weighted by Gasteiger charge is 2.35. The van der Waals surface area contributed by atoms with Crippen LogP contribution >= 0.6 is 0 Å². The molecule has 0 saturated heterocycles. The summed E-state index contributed by atoms with van der Waals surface area (Å²) in [6.45, 7) is 9.19. The van der Waals surface area contributed by atoms with Crippen molar-refractivity contribution in [2.24, 2.45) is 11.8 Å². The van der Waals surface area contributed by atoms with E-state index >= 15 is 0 Å². The number of nitro groups is 3. The van der Waals surface area contributed by atoms with Crippen LogP contribution < -0.4 is 26.6 Å². The molecule has 0 aliphatic heterocycles. The van der Waals surface area contributed by atoms with Gasteiger partial charge in [0.2, 0.25) is 23.6 Å². The molecule has 0 heterocycles. The molecule has 2 aromatic carbocycles. The van der Waals surface area contributed by atoms with Crippen LogP contribution in [-0.4, -0.2) is 62.6 Å². The molecular weight excluding hydrogens is 620 g/mol. The molecular formula is C29H38N8O10. The first kappa shape index (κ1) is 37.5. The first-order valence-corrected chi connectivity index (χ1v) is 14.5. The van der Waals surface area contributed by atoms with E-state index in [-0.39, 0.29) is 29.4 Å². The van der Waals surface area contributed by atoms with Gasteiger partial charge >= 0.3 is 0 Å². The molecule has 0 fully saturated rings. The molecule has 0 spiro atoms. The molecule has 47 heavy (non-hydrogen) atoms. The van der Waals surface area contributed by atoms with E-state index in [4.69, 9.17) is 0 Å². The normalized spacial score (nSPS) is 12.4. The predicted molar refractivity (Wildman–Crippen MR) is 170 cm³/mol. The molecule has 254 valence electrons. The molecule has 18 heteroatoms. The SMILES string of the molecule is CC(C)C[C@H](NC(=O)CNC(=O)C(C)(C)NC(=O)[C@H](Nc1ccc([N+](=O)[O-])cc1[N+](=O)[O-])C(C)C)C(=O)Nc1ccc([N+](=O)[O-])cc1. The summed E-state index contributed by atoms with van der Waals surface area (Å²) in [6.07, 6.45) is 0.247. The van der Waals surface area contributed by atoms with Gasteiger partial charge in [0.15, 0.2) is 0 Å². The number of nitro benzene ring substituents is 3. The molecule has 0 aromatic heterocycles. The highest BCUT2D eigenvalue weighted by molar-refractivity contribution is 5.99. The maximum absolute atomic E-state index is 13.2. The van der Waals surface area contributed by atoms with Gasteiger partial charge in [-0.1, -0.05) is 27.7 Å². The van der Waals surface area contributed by atoms with Gasteiger partial charge in [0.25, 0.3) is 17.1 Å². The lowest BCUT2D eigenvalue weighted by Crippen LogP contribution is -2.59. The lowest BCUT2D eigenvalue weighted by atomic mass is 9.99. The first-order valence-electron chi connectivity index (χ1n) is 14.5. The van der Waals surface area contributed by atoms with Crippen molar-refractivity contribution >= 4 is 52.1 Å². The standard InChI is InChI=1S/C29H38N8O10/c1-16(2)13-22(26(39)31-18-7-9-19(10-8-18)35(42)43)32-24(38)15-30-28(41)29(5,6)34-27(40)25(17(3)4)33-21-12-11-20(36(44)45)14-23(21)37(46)47/h7-12,14,16-17,22,25,33H,13,15H2,1-6H3,(H,30,41)(H,31,39)(H,32,38)(H,34,40)/t22-,25+/m0/s1. The van der Waals surface area contributed by atoms with Crippen LogP contribution in [0.5, 0.6) is 0 Å². The summed E-state index contributed by atoms with van der Waals surface area (Å²) < 4.78 is 0. The molecule has 2 aromatic rings. The van der Waals surface area contributed by atoms with Gasteiger partial charge in [0.05, 0.1) is 27.4 Å². The van der Waals surface area contributed by atoms with Crippen molar-refractivity contribution in [3.63, 3.8) is 0 Å². The fraction of sp³-hybridized carbons (Fsp3) is 0.448. The molecule has 0 radical (unpaired) electrons. The average Bonchev–Trinajstić information content (AvgIpc) is 2.97. The first-order chi connectivity index (χ1) is 21.8. The molecule has 0 aliphatic rings. The topological polar surface area (TPSA) is 258 Å². The van der Waals surface area contributed by atoms with E-state index in [9.17, 15) is 49.5 Å². The number of carbonyl (C=O) groups excluding carboxylic acids is 4. The van der Waals surface area contributed by atoms with Gasteiger partial charge in [-0.2, -0.15) is 0 Å². The zero-order chi connectivity index (χ0) is 35.6. The van der Waals surface area contributed by atoms with Gasteiger partial charge in [0, 0.05) is 23.9 Å². The van der Waals surface area contributed by atoms with Crippen LogP contribution in [0.15, 0.2) is 42.5 Å². The molecule has 5 N–H and O–H groups in total. The lowest BCUT2D eigenvalue weighted by molar-refractivity contribution is -0.393. The van der Waals surface area contributed by atoms with E-state index in [2.05, 4.69) is 26.6 Å². The van der Waals surface area contributed by atoms with Crippen molar-refractivity contribution in [2.75, 3.05) is 17.2 Å². The Hall–Kier alpha value is -5.68. The smallest absolute Gasteiger partial charge is 0.299 e. The number of nitrogens with one attached hydrogen (secondary N) is 5. The summed E-state index contributed by atoms with van der Waals surface area (Å²) in [5, 5.41) is 46.4. The number of non-ortho nitro benzene ring substituents is 2. The van der Waals surface area contributed by atoms with Crippen LogP contribution in [0.25, 0.3) is 0 Å². The minimum atomic E-state index is -1.57. The average molecular weight is 659 g/mol. The van der Waals surface area contributed by atoms with E-state index in [0.717, 1.165) is 18.2 Å². The number of hydrogen-bond donors (Lipinski definition) is 5. The quantitative estimate of drug-likeness (QED) is 0.129. The summed E-state index contributed by atoms with van der Waals surface area (Å²) in [6, 6.07) is 6.00. The van der Waals surface area contributed by atoms with Crippen LogP contribution in [0.1, 0.15) is 48.0 Å². The highest BCUT2D eigenvalue weighted by Crippen LogP contribution is 2.30. The zero-order valence-electron chi connectivity index (χ0n) is 26.7. The van der Waals surface area contributed by atoms with E-state index in [1.807, 2.05) is 13.8 Å². The Labute approximate surface area is 269 Å². The summed E-state index contributed by atoms with van der Waals surface area (Å²) in [5.74, 6) is -3.19. The number of anilines is 2. The number of carbonyl (C=O) groups is 4. The maximum Gasteiger partial charge on any atom is 0.299 e. The Morgan fingerprint density at radius 1 is 0.809 bits per heavy atom. The van der Waals surface area contributed by atoms with Crippen LogP contribution in [0.2, 0.25) is 0 Å². The van der Waals surface area contributed by atoms with Gasteiger partial charge in [-0.25, -0.2) is 0 Å². The van der Waals surface area contributed by atoms with Gasteiger partial charge in [-0.05, 0) is 50.3 Å². The number of amides is 4. The second kappa shape index (κ2) is 16.1. The molecule has 4 amide bonds. The minimum absolute atomic E-state index is 0.0124. The minimum Gasteiger partial charge on any atom is -0.368 e. The fourth-order valence-corrected chi connectivity index (χ4v) is 4.28. The second-order valence-corrected chi connectivity index (χ2v) is 11.9. The third-order valence-electron chi connectivity index (χ3n) is 6.77. The maximum atomic E-state index is 13.2. The predicted octanol–water partition coefficient (Wildman–Crippen LogP) is 3.03. The van der Waals surface area contributed by atoms with Crippen molar-refractivity contribution < 1.29 is 33.9 Å². The van der Waals surface area contributed by atoms with Crippen LogP contribution in [0.4, 0.5) is 28.4 Å². The van der Waals surface area contributed by atoms with Crippen molar-refractivity contribution in [3.05, 3.63) is 72.8 Å². The van der Waals surface area contributed by atoms with Crippen LogP contribution in [-0.2, 0) is 19.2 Å². The molecule has 0 saturated carbocycles. The monoisotopic (exact) mass is 658 g/mol. The van der Waals surface area contributed by atoms with Crippen molar-refractivity contribution in [1.82, 2.24) is 16.0 Å². The highest BCUT2D eigenvalue weighted by atomic mass is 16.6. The van der Waals surface area contributed by atoms with Crippen LogP contribution in [0.3, 0.4) is 0 Å². The Bertz CT molecular complexity index is 1530. The van der Waals surface area contributed by atoms with Crippen molar-refractivity contribution in [3.8, 4) is 0 Å². The Kier molecular flexibility index (Phi) is 12.8. The number of benzene rings is 2. The van der Waals surface area contributed by atoms with Gasteiger partial charge in [-0.15, -0.1) is 0 Å². The number of nitrogens with zero attached hydrogens (tertiary/aromatic N) is 3. The number of hydrogen-bond acceptors (Lipinski definition) is 11. The van der Waals surface area contributed by atoms with Crippen LogP contribution in [0, 0.1) is 42.2 Å². The van der Waals surface area contributed by atoms with Gasteiger partial charge in [0.1, 0.15) is 23.3 Å². The Balaban J connectivity index is 2.06. The molecule has 2 rings (SSSR count). The third kappa shape index (κ3) is 11.0. The summed E-state index contributed by atoms with van der Waals surface area (Å²) in [5.41, 5.74) is -2.70. The van der Waals surface area contributed by atoms with E-state index in [1.165, 1.54) is 38.1 Å². The number of rotatable bonds is 16. The van der Waals surface area contributed by atoms with Crippen molar-refractivity contribution in [2.45, 2.75) is 65.6 Å². The lowest BCUT2D eigenvalue weighted by Gasteiger charge is -2.30. The van der Waals surface area contributed by atoms with E-state index in [0.29, 0.717) is 0 Å². The molecule has 0 bridgehead atoms. The van der Waals surface area contributed by atoms with Gasteiger partial charge < -0.3 is 26.6 Å². The largest absolute Gasteiger partial charge is 0.368 e. The van der Waals surface area contributed by atoms with Gasteiger partial charge in [-0.3, -0.25) is 49.5 Å². The fourth-order valence-electron chi connectivity index (χ4n) is 4.28. The molecule has 2 atom stereocenters.